The molecule has 3 rings (SSSR count). The van der Waals surface area contributed by atoms with E-state index in [0.29, 0.717) is 24.8 Å². The van der Waals surface area contributed by atoms with E-state index in [-0.39, 0.29) is 44.3 Å². The summed E-state index contributed by atoms with van der Waals surface area (Å²) < 4.78 is 27.4. The SMILES string of the molecule is CN(C)C(c1ccccc1)C1CCC(C(CCCN(C)S(=O)(=O)c2c(Cl)cc(Cl)cc2Cl)C(N)=O)CC1. The maximum absolute atomic E-state index is 13.1. The van der Waals surface area contributed by atoms with E-state index in [1.165, 1.54) is 29.0 Å². The molecule has 6 nitrogen and oxygen atoms in total. The first kappa shape index (κ1) is 30.2. The van der Waals surface area contributed by atoms with Crippen LogP contribution in [0.25, 0.3) is 0 Å². The molecule has 1 aliphatic carbocycles. The highest BCUT2D eigenvalue weighted by Crippen LogP contribution is 2.42. The predicted octanol–water partition coefficient (Wildman–Crippen LogP) is 6.26. The highest BCUT2D eigenvalue weighted by Gasteiger charge is 2.35. The fourth-order valence-corrected chi connectivity index (χ4v) is 8.39. The van der Waals surface area contributed by atoms with Gasteiger partial charge in [0.05, 0.1) is 10.0 Å². The molecule has 2 atom stereocenters. The number of hydrogen-bond donors (Lipinski definition) is 1. The summed E-state index contributed by atoms with van der Waals surface area (Å²) in [6.07, 6.45) is 4.93. The van der Waals surface area contributed by atoms with Gasteiger partial charge in [0.1, 0.15) is 4.90 Å². The van der Waals surface area contributed by atoms with Crippen LogP contribution in [0.4, 0.5) is 0 Å². The average molecular weight is 589 g/mol. The van der Waals surface area contributed by atoms with Gasteiger partial charge in [-0.25, -0.2) is 12.7 Å². The quantitative estimate of drug-likeness (QED) is 0.336. The normalized spacial score (nSPS) is 20.2. The number of nitrogens with two attached hydrogens (primary N) is 1. The van der Waals surface area contributed by atoms with Crippen LogP contribution in [0.15, 0.2) is 47.4 Å². The largest absolute Gasteiger partial charge is 0.369 e. The van der Waals surface area contributed by atoms with Gasteiger partial charge in [-0.3, -0.25) is 4.79 Å². The van der Waals surface area contributed by atoms with Crippen LogP contribution in [-0.4, -0.2) is 51.2 Å². The number of hydrogen-bond acceptors (Lipinski definition) is 4. The number of halogens is 3. The number of carbonyl (C=O) groups excluding carboxylic acids is 1. The van der Waals surface area contributed by atoms with Crippen molar-refractivity contribution in [2.45, 2.75) is 49.5 Å². The van der Waals surface area contributed by atoms with E-state index >= 15 is 0 Å². The van der Waals surface area contributed by atoms with Gasteiger partial charge in [-0.1, -0.05) is 65.1 Å². The lowest BCUT2D eigenvalue weighted by Gasteiger charge is -2.39. The minimum Gasteiger partial charge on any atom is -0.369 e. The Kier molecular flexibility index (Phi) is 10.7. The Balaban J connectivity index is 1.60. The molecule has 204 valence electrons. The lowest BCUT2D eigenvalue weighted by atomic mass is 9.71. The summed E-state index contributed by atoms with van der Waals surface area (Å²) in [4.78, 5) is 14.5. The summed E-state index contributed by atoms with van der Waals surface area (Å²) in [6.45, 7) is 0.216. The van der Waals surface area contributed by atoms with Crippen molar-refractivity contribution in [1.82, 2.24) is 9.21 Å². The summed E-state index contributed by atoms with van der Waals surface area (Å²) >= 11 is 18.2. The van der Waals surface area contributed by atoms with Crippen molar-refractivity contribution in [1.29, 1.82) is 0 Å². The molecular formula is C27H36Cl3N3O3S. The Hall–Kier alpha value is -1.35. The van der Waals surface area contributed by atoms with Crippen molar-refractivity contribution in [3.05, 3.63) is 63.1 Å². The minimum atomic E-state index is -3.92. The first-order chi connectivity index (χ1) is 17.4. The maximum Gasteiger partial charge on any atom is 0.245 e. The molecule has 10 heteroatoms. The minimum absolute atomic E-state index is 0.0253. The molecule has 1 fully saturated rings. The Morgan fingerprint density at radius 3 is 2.03 bits per heavy atom. The van der Waals surface area contributed by atoms with Gasteiger partial charge in [-0.05, 0) is 82.2 Å². The topological polar surface area (TPSA) is 83.7 Å². The third kappa shape index (κ3) is 7.40. The summed E-state index contributed by atoms with van der Waals surface area (Å²) in [5, 5.41) is 0.210. The molecule has 1 saturated carbocycles. The highest BCUT2D eigenvalue weighted by molar-refractivity contribution is 7.89. The van der Waals surface area contributed by atoms with Crippen LogP contribution in [0.1, 0.15) is 50.1 Å². The van der Waals surface area contributed by atoms with Crippen LogP contribution in [0.2, 0.25) is 15.1 Å². The fraction of sp³-hybridized carbons (Fsp3) is 0.519. The first-order valence-corrected chi connectivity index (χ1v) is 15.1. The van der Waals surface area contributed by atoms with Crippen molar-refractivity contribution in [3.8, 4) is 0 Å². The summed E-state index contributed by atoms with van der Waals surface area (Å²) in [5.74, 6) is 0.112. The van der Waals surface area contributed by atoms with Gasteiger partial charge in [-0.2, -0.15) is 0 Å². The molecule has 37 heavy (non-hydrogen) atoms. The van der Waals surface area contributed by atoms with Crippen LogP contribution in [-0.2, 0) is 14.8 Å². The van der Waals surface area contributed by atoms with Crippen molar-refractivity contribution in [3.63, 3.8) is 0 Å². The van der Waals surface area contributed by atoms with Gasteiger partial charge >= 0.3 is 0 Å². The van der Waals surface area contributed by atoms with Crippen molar-refractivity contribution in [2.75, 3.05) is 27.7 Å². The molecule has 1 amide bonds. The number of carbonyl (C=O) groups is 1. The van der Waals surface area contributed by atoms with Gasteiger partial charge in [0.15, 0.2) is 0 Å². The molecule has 0 saturated heterocycles. The Bertz CT molecular complexity index is 1150. The van der Waals surface area contributed by atoms with Crippen LogP contribution >= 0.6 is 34.8 Å². The molecule has 0 aliphatic heterocycles. The lowest BCUT2D eigenvalue weighted by Crippen LogP contribution is -2.36. The number of sulfonamides is 1. The molecule has 2 aromatic rings. The second kappa shape index (κ2) is 13.1. The van der Waals surface area contributed by atoms with Crippen molar-refractivity contribution < 1.29 is 13.2 Å². The molecule has 2 aromatic carbocycles. The van der Waals surface area contributed by atoms with Gasteiger partial charge < -0.3 is 10.6 Å². The third-order valence-corrected chi connectivity index (χ3v) is 10.5. The maximum atomic E-state index is 13.1. The van der Waals surface area contributed by atoms with E-state index in [1.54, 1.807) is 0 Å². The number of rotatable bonds is 11. The monoisotopic (exact) mass is 587 g/mol. The van der Waals surface area contributed by atoms with Crippen LogP contribution < -0.4 is 5.73 Å². The average Bonchev–Trinajstić information content (AvgIpc) is 2.82. The Morgan fingerprint density at radius 2 is 1.51 bits per heavy atom. The number of benzene rings is 2. The molecule has 0 bridgehead atoms. The van der Waals surface area contributed by atoms with E-state index in [0.717, 1.165) is 25.7 Å². The summed E-state index contributed by atoms with van der Waals surface area (Å²) in [5.41, 5.74) is 7.14. The molecule has 2 unspecified atom stereocenters. The Labute approximate surface area is 236 Å². The van der Waals surface area contributed by atoms with Gasteiger partial charge in [-0.15, -0.1) is 0 Å². The number of nitrogens with zero attached hydrogens (tertiary/aromatic N) is 2. The van der Waals surface area contributed by atoms with E-state index in [2.05, 4.69) is 43.3 Å². The summed E-state index contributed by atoms with van der Waals surface area (Å²) in [6, 6.07) is 13.6. The van der Waals surface area contributed by atoms with E-state index in [9.17, 15) is 13.2 Å². The van der Waals surface area contributed by atoms with E-state index in [1.807, 2.05) is 6.07 Å². The number of primary amides is 1. The van der Waals surface area contributed by atoms with E-state index < -0.39 is 10.0 Å². The zero-order valence-corrected chi connectivity index (χ0v) is 24.6. The molecule has 0 spiro atoms. The highest BCUT2D eigenvalue weighted by atomic mass is 35.5. The second-order valence-corrected chi connectivity index (χ2v) is 13.4. The first-order valence-electron chi connectivity index (χ1n) is 12.5. The molecule has 0 radical (unpaired) electrons. The fourth-order valence-electron chi connectivity index (χ4n) is 5.70. The second-order valence-electron chi connectivity index (χ2n) is 10.2. The lowest BCUT2D eigenvalue weighted by molar-refractivity contribution is -0.124. The Morgan fingerprint density at radius 1 is 0.973 bits per heavy atom. The predicted molar refractivity (Wildman–Crippen MR) is 152 cm³/mol. The molecule has 1 aliphatic rings. The molecule has 0 heterocycles. The van der Waals surface area contributed by atoms with Gasteiger partial charge in [0.25, 0.3) is 0 Å². The molecule has 0 aromatic heterocycles. The smallest absolute Gasteiger partial charge is 0.245 e. The van der Waals surface area contributed by atoms with Gasteiger partial charge in [0, 0.05) is 30.6 Å². The molecule has 2 N–H and O–H groups in total. The zero-order chi connectivity index (χ0) is 27.3. The third-order valence-electron chi connectivity index (χ3n) is 7.51. The van der Waals surface area contributed by atoms with E-state index in [4.69, 9.17) is 40.5 Å². The van der Waals surface area contributed by atoms with Crippen LogP contribution in [0.5, 0.6) is 0 Å². The standard InChI is InChI=1S/C27H36Cl3N3O3S/c1-32(2)25(19-8-5-4-6-9-19)20-13-11-18(12-14-20)22(27(31)34)10-7-15-33(3)37(35,36)26-23(29)16-21(28)17-24(26)30/h4-6,8-9,16-18,20,22,25H,7,10-15H2,1-3H3,(H2,31,34). The summed E-state index contributed by atoms with van der Waals surface area (Å²) in [7, 11) is 1.79. The zero-order valence-electron chi connectivity index (χ0n) is 21.5. The van der Waals surface area contributed by atoms with Crippen molar-refractivity contribution in [2.24, 2.45) is 23.5 Å². The van der Waals surface area contributed by atoms with Crippen molar-refractivity contribution >= 4 is 50.7 Å². The molecular weight excluding hydrogens is 553 g/mol. The van der Waals surface area contributed by atoms with Crippen LogP contribution in [0.3, 0.4) is 0 Å². The van der Waals surface area contributed by atoms with Crippen LogP contribution in [0, 0.1) is 17.8 Å². The number of amides is 1. The van der Waals surface area contributed by atoms with Gasteiger partial charge in [0.2, 0.25) is 15.9 Å².